The van der Waals surface area contributed by atoms with Gasteiger partial charge in [0.05, 0.1) is 0 Å². The first-order valence-corrected chi connectivity index (χ1v) is 8.15. The normalized spacial score (nSPS) is 11.8. The molecule has 23 heavy (non-hydrogen) atoms. The van der Waals surface area contributed by atoms with Crippen molar-refractivity contribution in [2.45, 2.75) is 39.8 Å². The summed E-state index contributed by atoms with van der Waals surface area (Å²) in [6, 6.07) is 20.2. The summed E-state index contributed by atoms with van der Waals surface area (Å²) in [5, 5.41) is 0. The van der Waals surface area contributed by atoms with E-state index in [0.29, 0.717) is 0 Å². The molecule has 0 aliphatic rings. The van der Waals surface area contributed by atoms with E-state index >= 15 is 0 Å². The van der Waals surface area contributed by atoms with Crippen LogP contribution in [-0.4, -0.2) is 22.9 Å². The van der Waals surface area contributed by atoms with Crippen LogP contribution in [0.15, 0.2) is 60.7 Å². The molecule has 0 N–H and O–H groups in total. The van der Waals surface area contributed by atoms with Gasteiger partial charge in [0.1, 0.15) is 0 Å². The van der Waals surface area contributed by atoms with Crippen molar-refractivity contribution in [2.75, 3.05) is 0 Å². The van der Waals surface area contributed by atoms with Gasteiger partial charge in [-0.15, -0.1) is 0 Å². The quantitative estimate of drug-likeness (QED) is 0.570. The van der Waals surface area contributed by atoms with E-state index in [1.165, 1.54) is 0 Å². The average Bonchev–Trinajstić information content (AvgIpc) is 2.53. The lowest BCUT2D eigenvalue weighted by Crippen LogP contribution is -2.42. The molecule has 0 aliphatic carbocycles. The van der Waals surface area contributed by atoms with Crippen LogP contribution in [0.3, 0.4) is 0 Å². The molecule has 0 radical (unpaired) electrons. The molecule has 0 heterocycles. The van der Waals surface area contributed by atoms with Crippen molar-refractivity contribution < 1.29 is 4.79 Å². The Labute approximate surface area is 139 Å². The van der Waals surface area contributed by atoms with Gasteiger partial charge < -0.3 is 4.90 Å². The number of rotatable bonds is 5. The van der Waals surface area contributed by atoms with Crippen LogP contribution in [0.4, 0.5) is 0 Å². The lowest BCUT2D eigenvalue weighted by atomic mass is 10.00. The maximum Gasteiger partial charge on any atom is 0.254 e. The van der Waals surface area contributed by atoms with Crippen LogP contribution >= 0.6 is 0 Å². The molecule has 0 atom stereocenters. The van der Waals surface area contributed by atoms with Crippen molar-refractivity contribution in [1.29, 1.82) is 0 Å². The van der Waals surface area contributed by atoms with Gasteiger partial charge in [-0.05, 0) is 44.9 Å². The van der Waals surface area contributed by atoms with Crippen LogP contribution in [0.5, 0.6) is 0 Å². The zero-order valence-corrected chi connectivity index (χ0v) is 14.4. The Kier molecular flexibility index (Phi) is 5.75. The van der Waals surface area contributed by atoms with Crippen molar-refractivity contribution in [3.8, 4) is 0 Å². The van der Waals surface area contributed by atoms with Gasteiger partial charge in [-0.1, -0.05) is 60.7 Å². The van der Waals surface area contributed by atoms with E-state index in [0.717, 1.165) is 16.7 Å². The average molecular weight is 307 g/mol. The Morgan fingerprint density at radius 2 is 1.30 bits per heavy atom. The van der Waals surface area contributed by atoms with Crippen LogP contribution in [-0.2, 0) is 4.79 Å². The molecule has 2 rings (SSSR count). The lowest BCUT2D eigenvalue weighted by Gasteiger charge is -2.31. The first kappa shape index (κ1) is 17.0. The number of nitrogens with zero attached hydrogens (tertiary/aromatic N) is 1. The molecule has 1 amide bonds. The predicted molar refractivity (Wildman–Crippen MR) is 97.9 cm³/mol. The molecule has 0 aromatic heterocycles. The summed E-state index contributed by atoms with van der Waals surface area (Å²) < 4.78 is 0. The van der Waals surface area contributed by atoms with Gasteiger partial charge in [-0.2, -0.15) is 0 Å². The summed E-state index contributed by atoms with van der Waals surface area (Å²) >= 11 is 0. The fraction of sp³-hybridized carbons (Fsp3) is 0.286. The number of carbonyl (C=O) groups excluding carboxylic acids is 1. The largest absolute Gasteiger partial charge is 0.334 e. The van der Waals surface area contributed by atoms with E-state index < -0.39 is 0 Å². The molecule has 0 bridgehead atoms. The maximum absolute atomic E-state index is 13.2. The minimum atomic E-state index is 0.0741. The third kappa shape index (κ3) is 4.32. The highest BCUT2D eigenvalue weighted by Crippen LogP contribution is 2.23. The molecular formula is C21H25NO. The molecule has 2 nitrogen and oxygen atoms in total. The second-order valence-electron chi connectivity index (χ2n) is 6.23. The Balaban J connectivity index is 2.50. The zero-order chi connectivity index (χ0) is 16.8. The smallest absolute Gasteiger partial charge is 0.254 e. The van der Waals surface area contributed by atoms with Crippen LogP contribution in [0.25, 0.3) is 11.6 Å². The summed E-state index contributed by atoms with van der Waals surface area (Å²) in [5.74, 6) is 0.0741. The monoisotopic (exact) mass is 307 g/mol. The first-order valence-electron chi connectivity index (χ1n) is 8.15. The van der Waals surface area contributed by atoms with Gasteiger partial charge in [-0.25, -0.2) is 0 Å². The Bertz CT molecular complexity index is 649. The van der Waals surface area contributed by atoms with Gasteiger partial charge in [-0.3, -0.25) is 4.79 Å². The lowest BCUT2D eigenvalue weighted by molar-refractivity contribution is -0.128. The van der Waals surface area contributed by atoms with Crippen molar-refractivity contribution in [1.82, 2.24) is 4.90 Å². The van der Waals surface area contributed by atoms with E-state index in [4.69, 9.17) is 0 Å². The first-order chi connectivity index (χ1) is 11.0. The summed E-state index contributed by atoms with van der Waals surface area (Å²) in [4.78, 5) is 15.1. The van der Waals surface area contributed by atoms with Crippen LogP contribution in [0.1, 0.15) is 38.8 Å². The minimum absolute atomic E-state index is 0.0741. The van der Waals surface area contributed by atoms with E-state index in [-0.39, 0.29) is 18.0 Å². The maximum atomic E-state index is 13.2. The third-order valence-electron chi connectivity index (χ3n) is 3.77. The molecule has 2 heteroatoms. The van der Waals surface area contributed by atoms with Gasteiger partial charge in [0, 0.05) is 17.7 Å². The number of benzene rings is 2. The summed E-state index contributed by atoms with van der Waals surface area (Å²) in [6.07, 6.45) is 1.98. The Morgan fingerprint density at radius 1 is 0.826 bits per heavy atom. The van der Waals surface area contributed by atoms with Crippen molar-refractivity contribution in [3.05, 3.63) is 71.8 Å². The zero-order valence-electron chi connectivity index (χ0n) is 14.4. The standard InChI is InChI=1S/C21H25NO/c1-16(2)22(17(3)4)21(23)20(19-13-9-6-10-14-19)15-18-11-7-5-8-12-18/h5-17H,1-4H3/b20-15+. The fourth-order valence-electron chi connectivity index (χ4n) is 2.81. The summed E-state index contributed by atoms with van der Waals surface area (Å²) in [6.45, 7) is 8.23. The SMILES string of the molecule is CC(C)N(C(=O)/C(=C/c1ccccc1)c1ccccc1)C(C)C. The van der Waals surface area contributed by atoms with Crippen molar-refractivity contribution >= 4 is 17.6 Å². The molecule has 2 aromatic carbocycles. The molecule has 0 saturated heterocycles. The molecule has 2 aromatic rings. The summed E-state index contributed by atoms with van der Waals surface area (Å²) in [5.41, 5.74) is 2.72. The molecule has 0 spiro atoms. The van der Waals surface area contributed by atoms with Crippen LogP contribution in [0, 0.1) is 0 Å². The van der Waals surface area contributed by atoms with Gasteiger partial charge in [0.25, 0.3) is 5.91 Å². The molecule has 0 fully saturated rings. The topological polar surface area (TPSA) is 20.3 Å². The van der Waals surface area contributed by atoms with Gasteiger partial charge in [0.15, 0.2) is 0 Å². The Morgan fingerprint density at radius 3 is 1.78 bits per heavy atom. The molecule has 0 unspecified atom stereocenters. The highest BCUT2D eigenvalue weighted by Gasteiger charge is 2.24. The fourth-order valence-corrected chi connectivity index (χ4v) is 2.81. The van der Waals surface area contributed by atoms with E-state index in [1.54, 1.807) is 0 Å². The minimum Gasteiger partial charge on any atom is -0.334 e. The van der Waals surface area contributed by atoms with Gasteiger partial charge in [0.2, 0.25) is 0 Å². The molecule has 0 aliphatic heterocycles. The van der Waals surface area contributed by atoms with Gasteiger partial charge >= 0.3 is 0 Å². The molecule has 120 valence electrons. The Hall–Kier alpha value is -2.35. The molecular weight excluding hydrogens is 282 g/mol. The van der Waals surface area contributed by atoms with Crippen molar-refractivity contribution in [2.24, 2.45) is 0 Å². The van der Waals surface area contributed by atoms with E-state index in [1.807, 2.05) is 71.6 Å². The van der Waals surface area contributed by atoms with E-state index in [9.17, 15) is 4.79 Å². The van der Waals surface area contributed by atoms with Crippen LogP contribution < -0.4 is 0 Å². The highest BCUT2D eigenvalue weighted by atomic mass is 16.2. The highest BCUT2D eigenvalue weighted by molar-refractivity contribution is 6.24. The number of hydrogen-bond donors (Lipinski definition) is 0. The number of carbonyl (C=O) groups is 1. The van der Waals surface area contributed by atoms with Crippen molar-refractivity contribution in [3.63, 3.8) is 0 Å². The summed E-state index contributed by atoms with van der Waals surface area (Å²) in [7, 11) is 0. The second kappa shape index (κ2) is 7.77. The third-order valence-corrected chi connectivity index (χ3v) is 3.77. The van der Waals surface area contributed by atoms with E-state index in [2.05, 4.69) is 27.7 Å². The van der Waals surface area contributed by atoms with Crippen LogP contribution in [0.2, 0.25) is 0 Å². The predicted octanol–water partition coefficient (Wildman–Crippen LogP) is 4.87. The number of amides is 1. The second-order valence-corrected chi connectivity index (χ2v) is 6.23. The molecule has 0 saturated carbocycles. The number of hydrogen-bond acceptors (Lipinski definition) is 1.